The van der Waals surface area contributed by atoms with Crippen molar-refractivity contribution in [2.45, 2.75) is 5.75 Å². The Kier molecular flexibility index (Phi) is 8.91. The second-order valence-corrected chi connectivity index (χ2v) is 9.97. The number of piperazine rings is 1. The maximum Gasteiger partial charge on any atom is 0.247 e. The van der Waals surface area contributed by atoms with Crippen LogP contribution in [0.15, 0.2) is 95.4 Å². The first-order valence-corrected chi connectivity index (χ1v) is 13.9. The molecule has 1 aliphatic rings. The smallest absolute Gasteiger partial charge is 0.247 e. The zero-order valence-corrected chi connectivity index (χ0v) is 21.7. The van der Waals surface area contributed by atoms with Crippen LogP contribution in [0.3, 0.4) is 0 Å². The highest BCUT2D eigenvalue weighted by molar-refractivity contribution is 7.98. The molecule has 0 atom stereocenters. The quantitative estimate of drug-likeness (QED) is 0.233. The van der Waals surface area contributed by atoms with Gasteiger partial charge in [-0.3, -0.25) is 4.90 Å². The van der Waals surface area contributed by atoms with Crippen LogP contribution in [-0.4, -0.2) is 60.2 Å². The van der Waals surface area contributed by atoms with Crippen LogP contribution in [0.2, 0.25) is 0 Å². The van der Waals surface area contributed by atoms with Crippen LogP contribution in [0, 0.1) is 0 Å². The molecule has 7 heteroatoms. The predicted molar refractivity (Wildman–Crippen MR) is 152 cm³/mol. The van der Waals surface area contributed by atoms with Gasteiger partial charge < -0.3 is 14.1 Å². The van der Waals surface area contributed by atoms with Crippen LogP contribution >= 0.6 is 11.8 Å². The molecule has 37 heavy (non-hydrogen) atoms. The summed E-state index contributed by atoms with van der Waals surface area (Å²) in [5.74, 6) is 3.62. The Balaban J connectivity index is 1.02. The lowest BCUT2D eigenvalue weighted by Crippen LogP contribution is -2.46. The van der Waals surface area contributed by atoms with Gasteiger partial charge in [0.1, 0.15) is 5.75 Å². The molecule has 0 unspecified atom stereocenters. The second kappa shape index (κ2) is 13.1. The predicted octanol–water partition coefficient (Wildman–Crippen LogP) is 5.88. The molecule has 0 radical (unpaired) electrons. The number of ether oxygens (including phenoxy) is 1. The van der Waals surface area contributed by atoms with Crippen molar-refractivity contribution in [2.75, 3.05) is 50.0 Å². The van der Waals surface area contributed by atoms with Crippen molar-refractivity contribution < 1.29 is 9.15 Å². The fourth-order valence-electron chi connectivity index (χ4n) is 4.23. The molecule has 6 nitrogen and oxygen atoms in total. The minimum Gasteiger partial charge on any atom is -0.493 e. The molecule has 1 saturated heterocycles. The van der Waals surface area contributed by atoms with Gasteiger partial charge in [-0.1, -0.05) is 60.7 Å². The molecule has 0 bridgehead atoms. The van der Waals surface area contributed by atoms with Crippen LogP contribution in [0.25, 0.3) is 17.5 Å². The Morgan fingerprint density at radius 1 is 0.838 bits per heavy atom. The first-order valence-electron chi connectivity index (χ1n) is 12.7. The van der Waals surface area contributed by atoms with Crippen LogP contribution in [0.1, 0.15) is 11.5 Å². The number of hydrogen-bond donors (Lipinski definition) is 0. The minimum atomic E-state index is 0.558. The van der Waals surface area contributed by atoms with Gasteiger partial charge in [0.25, 0.3) is 0 Å². The van der Waals surface area contributed by atoms with Crippen LogP contribution < -0.4 is 9.64 Å². The van der Waals surface area contributed by atoms with Crippen LogP contribution in [-0.2, 0) is 5.75 Å². The fourth-order valence-corrected chi connectivity index (χ4v) is 4.86. The molecule has 5 rings (SSSR count). The Morgan fingerprint density at radius 2 is 1.57 bits per heavy atom. The number of anilines is 1. The van der Waals surface area contributed by atoms with Gasteiger partial charge in [-0.2, -0.15) is 0 Å². The minimum absolute atomic E-state index is 0.558. The van der Waals surface area contributed by atoms with Crippen molar-refractivity contribution in [3.63, 3.8) is 0 Å². The Bertz CT molecular complexity index is 1240. The maximum atomic E-state index is 5.86. The molecular formula is C30H32N4O2S. The summed E-state index contributed by atoms with van der Waals surface area (Å²) in [6.45, 7) is 5.91. The molecule has 3 aromatic carbocycles. The molecular weight excluding hydrogens is 480 g/mol. The van der Waals surface area contributed by atoms with Crippen molar-refractivity contribution in [3.05, 3.63) is 102 Å². The van der Waals surface area contributed by atoms with E-state index in [1.165, 1.54) is 11.3 Å². The average Bonchev–Trinajstić information content (AvgIpc) is 3.44. The zero-order chi connectivity index (χ0) is 25.1. The molecule has 0 amide bonds. The van der Waals surface area contributed by atoms with E-state index in [4.69, 9.17) is 9.15 Å². The molecule has 190 valence electrons. The SMILES string of the molecule is C(=Cc1ccc(-c2nnc(CSCCOc3ccccc3)o2)cc1)CN1CCN(c2ccccc2)CC1. The first-order chi connectivity index (χ1) is 18.3. The van der Waals surface area contributed by atoms with Gasteiger partial charge in [0.15, 0.2) is 0 Å². The lowest BCUT2D eigenvalue weighted by Gasteiger charge is -2.35. The molecule has 1 fully saturated rings. The standard InChI is InChI=1S/C30H32N4O2S/c1-3-9-27(10-4-1)34-20-18-33(19-21-34)17-7-8-25-13-15-26(16-14-25)30-32-31-29(36-30)24-37-23-22-35-28-11-5-2-6-12-28/h1-16H,17-24H2. The third-order valence-corrected chi connectivity index (χ3v) is 7.16. The van der Waals surface area contributed by atoms with E-state index in [1.54, 1.807) is 11.8 Å². The van der Waals surface area contributed by atoms with Crippen molar-refractivity contribution in [1.82, 2.24) is 15.1 Å². The number of para-hydroxylation sites is 2. The van der Waals surface area contributed by atoms with E-state index in [9.17, 15) is 0 Å². The Labute approximate surface area is 223 Å². The highest BCUT2D eigenvalue weighted by atomic mass is 32.2. The van der Waals surface area contributed by atoms with Crippen molar-refractivity contribution in [2.24, 2.45) is 0 Å². The third kappa shape index (κ3) is 7.47. The Hall–Kier alpha value is -3.55. The summed E-state index contributed by atoms with van der Waals surface area (Å²) in [4.78, 5) is 4.96. The molecule has 0 aliphatic carbocycles. The van der Waals surface area contributed by atoms with Gasteiger partial charge >= 0.3 is 0 Å². The fraction of sp³-hybridized carbons (Fsp3) is 0.267. The lowest BCUT2D eigenvalue weighted by molar-refractivity contribution is 0.284. The summed E-state index contributed by atoms with van der Waals surface area (Å²) in [7, 11) is 0. The number of nitrogens with zero attached hydrogens (tertiary/aromatic N) is 4. The van der Waals surface area contributed by atoms with E-state index in [2.05, 4.69) is 74.6 Å². The highest BCUT2D eigenvalue weighted by Gasteiger charge is 2.15. The van der Waals surface area contributed by atoms with Gasteiger partial charge in [-0.25, -0.2) is 0 Å². The summed E-state index contributed by atoms with van der Waals surface area (Å²) in [6, 6.07) is 28.8. The second-order valence-electron chi connectivity index (χ2n) is 8.86. The van der Waals surface area contributed by atoms with E-state index < -0.39 is 0 Å². The summed E-state index contributed by atoms with van der Waals surface area (Å²) in [5.41, 5.74) is 3.42. The van der Waals surface area contributed by atoms with E-state index in [0.29, 0.717) is 24.1 Å². The zero-order valence-electron chi connectivity index (χ0n) is 20.9. The van der Waals surface area contributed by atoms with Gasteiger partial charge in [0, 0.05) is 49.7 Å². The summed E-state index contributed by atoms with van der Waals surface area (Å²) < 4.78 is 11.6. The number of rotatable bonds is 11. The molecule has 1 aromatic heterocycles. The first kappa shape index (κ1) is 25.1. The number of benzene rings is 3. The molecule has 2 heterocycles. The lowest BCUT2D eigenvalue weighted by atomic mass is 10.1. The van der Waals surface area contributed by atoms with E-state index >= 15 is 0 Å². The molecule has 4 aromatic rings. The van der Waals surface area contributed by atoms with Gasteiger partial charge in [-0.05, 0) is 42.0 Å². The van der Waals surface area contributed by atoms with E-state index in [0.717, 1.165) is 49.8 Å². The third-order valence-electron chi connectivity index (χ3n) is 6.26. The average molecular weight is 513 g/mol. The largest absolute Gasteiger partial charge is 0.493 e. The van der Waals surface area contributed by atoms with Gasteiger partial charge in [0.2, 0.25) is 11.8 Å². The summed E-state index contributed by atoms with van der Waals surface area (Å²) >= 11 is 1.72. The topological polar surface area (TPSA) is 54.6 Å². The normalized spacial score (nSPS) is 14.3. The summed E-state index contributed by atoms with van der Waals surface area (Å²) in [5, 5.41) is 8.42. The molecule has 0 spiro atoms. The Morgan fingerprint density at radius 3 is 2.32 bits per heavy atom. The molecule has 1 aliphatic heterocycles. The monoisotopic (exact) mass is 512 g/mol. The number of thioether (sulfide) groups is 1. The van der Waals surface area contributed by atoms with Gasteiger partial charge in [-0.15, -0.1) is 22.0 Å². The van der Waals surface area contributed by atoms with Crippen molar-refractivity contribution in [3.8, 4) is 17.2 Å². The summed E-state index contributed by atoms with van der Waals surface area (Å²) in [6.07, 6.45) is 4.43. The molecule has 0 saturated carbocycles. The van der Waals surface area contributed by atoms with Crippen molar-refractivity contribution >= 4 is 23.5 Å². The van der Waals surface area contributed by atoms with Crippen LogP contribution in [0.4, 0.5) is 5.69 Å². The molecule has 0 N–H and O–H groups in total. The number of hydrogen-bond acceptors (Lipinski definition) is 7. The van der Waals surface area contributed by atoms with E-state index in [-0.39, 0.29) is 0 Å². The number of aromatic nitrogens is 2. The van der Waals surface area contributed by atoms with Crippen LogP contribution in [0.5, 0.6) is 5.75 Å². The van der Waals surface area contributed by atoms with Crippen molar-refractivity contribution in [1.29, 1.82) is 0 Å². The highest BCUT2D eigenvalue weighted by Crippen LogP contribution is 2.21. The van der Waals surface area contributed by atoms with E-state index in [1.807, 2.05) is 42.5 Å². The van der Waals surface area contributed by atoms with Gasteiger partial charge in [0.05, 0.1) is 12.4 Å². The maximum absolute atomic E-state index is 5.86.